The predicted molar refractivity (Wildman–Crippen MR) is 383 cm³/mol. The van der Waals surface area contributed by atoms with Gasteiger partial charge in [0.15, 0.2) is 5.58 Å². The number of aromatic nitrogens is 2. The van der Waals surface area contributed by atoms with Crippen molar-refractivity contribution in [2.24, 2.45) is 0 Å². The summed E-state index contributed by atoms with van der Waals surface area (Å²) in [6.45, 7) is 0. The molecule has 0 N–H and O–H groups in total. The molecular formula is C43H52B24N2O2. The van der Waals surface area contributed by atoms with Crippen LogP contribution in [-0.4, -0.2) is 198 Å². The van der Waals surface area contributed by atoms with Crippen LogP contribution in [0.2, 0.25) is 10.2 Å². The van der Waals surface area contributed by atoms with Gasteiger partial charge in [0.2, 0.25) is 0 Å². The predicted octanol–water partition coefficient (Wildman–Crippen LogP) is -25.9. The molecule has 28 heteroatoms. The lowest BCUT2D eigenvalue weighted by Gasteiger charge is -2.56. The van der Waals surface area contributed by atoms with Gasteiger partial charge in [0.1, 0.15) is 176 Å². The van der Waals surface area contributed by atoms with Crippen molar-refractivity contribution in [2.45, 2.75) is 15.6 Å². The molecule has 9 aromatic rings. The number of benzene rings is 6. The fourth-order valence-corrected chi connectivity index (χ4v) is 14.8. The van der Waals surface area contributed by atoms with Gasteiger partial charge in [0.05, 0.1) is 47.1 Å². The Morgan fingerprint density at radius 1 is 0.366 bits per heavy atom. The molecular weight excluding hydrogens is 836 g/mol. The van der Waals surface area contributed by atoms with Crippen LogP contribution < -0.4 is 98.3 Å². The second-order valence-electron chi connectivity index (χ2n) is 24.2. The highest BCUT2D eigenvalue weighted by Crippen LogP contribution is 2.63. The summed E-state index contributed by atoms with van der Waals surface area (Å²) in [7, 11) is 56.2. The molecule has 4 nitrogen and oxygen atoms in total. The summed E-state index contributed by atoms with van der Waals surface area (Å²) in [6, 6.07) is 6.79. The van der Waals surface area contributed by atoms with Gasteiger partial charge in [-0.1, -0.05) is 92.8 Å². The molecule has 1 aliphatic rings. The molecule has 3 heterocycles. The number of rotatable bonds is 5. The molecule has 10 rings (SSSR count). The first kappa shape index (κ1) is 50.1. The van der Waals surface area contributed by atoms with Gasteiger partial charge in [0.25, 0.3) is 0 Å². The molecule has 0 radical (unpaired) electrons. The fourth-order valence-electron chi connectivity index (χ4n) is 14.8. The van der Waals surface area contributed by atoms with E-state index in [1.54, 1.807) is 6.33 Å². The van der Waals surface area contributed by atoms with Gasteiger partial charge in [-0.3, -0.25) is 0 Å². The Hall–Kier alpha value is -4.44. The third kappa shape index (κ3) is 6.33. The summed E-state index contributed by atoms with van der Waals surface area (Å²) in [5.74, 6) is 0. The zero-order valence-corrected chi connectivity index (χ0v) is 47.5. The second kappa shape index (κ2) is 16.3. The Bertz CT molecular complexity index is 3950. The largest absolute Gasteiger partial charge is 0.456 e. The minimum absolute atomic E-state index is 0.0955. The van der Waals surface area contributed by atoms with Crippen LogP contribution in [0.5, 0.6) is 0 Å². The van der Waals surface area contributed by atoms with Gasteiger partial charge in [-0.05, 0) is 62.1 Å². The monoisotopic (exact) mass is 893 g/mol. The molecule has 0 aliphatic heterocycles. The number of hydrogen-bond acceptors (Lipinski definition) is 4. The van der Waals surface area contributed by atoms with Crippen LogP contribution in [0.1, 0.15) is 11.1 Å². The molecule has 0 spiro atoms. The topological polar surface area (TPSA) is 52.1 Å². The summed E-state index contributed by atoms with van der Waals surface area (Å²) in [4.78, 5) is 10.2. The van der Waals surface area contributed by atoms with Crippen LogP contribution >= 0.6 is 0 Å². The van der Waals surface area contributed by atoms with Crippen molar-refractivity contribution in [3.8, 4) is 44.6 Å². The van der Waals surface area contributed by atoms with E-state index in [9.17, 15) is 0 Å². The number of nitrogens with zero attached hydrogens (tertiary/aromatic N) is 2. The quantitative estimate of drug-likeness (QED) is 0.162. The van der Waals surface area contributed by atoms with E-state index in [0.717, 1.165) is 38.9 Å². The lowest BCUT2D eigenvalue weighted by Crippen LogP contribution is -2.59. The van der Waals surface area contributed by atoms with E-state index in [4.69, 9.17) is 18.8 Å². The van der Waals surface area contributed by atoms with Gasteiger partial charge in [-0.25, -0.2) is 9.97 Å². The van der Waals surface area contributed by atoms with Crippen LogP contribution in [0.4, 0.5) is 0 Å². The number of hydrogen-bond donors (Lipinski definition) is 0. The summed E-state index contributed by atoms with van der Waals surface area (Å²) in [5, 5.41) is 3.28. The van der Waals surface area contributed by atoms with Crippen LogP contribution in [-0.2, 0) is 5.41 Å². The van der Waals surface area contributed by atoms with E-state index < -0.39 is 0 Å². The third-order valence-corrected chi connectivity index (χ3v) is 19.3. The van der Waals surface area contributed by atoms with Crippen molar-refractivity contribution >= 4 is 331 Å². The SMILES string of the molecule is Bc1c(B)c(-c2ncnc3c2oc2ccc(-c4c(B)c(B)c5c(c4B)C(C(B)(B)B)(C(B)(B)B)c4c(B)c(B)c(B)c(B)c4-5)cc23)c(B)c(-c2c(B)c(B)c(B)c3c2oc2c(B)c(B)c(B)c(B)c23)c1B. The first-order valence-electron chi connectivity index (χ1n) is 26.0. The highest BCUT2D eigenvalue weighted by Gasteiger charge is 2.58. The van der Waals surface area contributed by atoms with Gasteiger partial charge >= 0.3 is 0 Å². The zero-order valence-electron chi connectivity index (χ0n) is 47.5. The smallest absolute Gasteiger partial charge is 0.180 e. The third-order valence-electron chi connectivity index (χ3n) is 19.3. The van der Waals surface area contributed by atoms with Crippen LogP contribution in [0.3, 0.4) is 0 Å². The minimum Gasteiger partial charge on any atom is -0.456 e. The Labute approximate surface area is 442 Å². The van der Waals surface area contributed by atoms with Gasteiger partial charge < -0.3 is 8.83 Å². The van der Waals surface area contributed by atoms with Crippen molar-refractivity contribution in [3.05, 3.63) is 35.7 Å². The normalized spacial score (nSPS) is 13.4. The fraction of sp³-hybridized carbons (Fsp3) is 0.0698. The molecule has 1 aliphatic carbocycles. The van der Waals surface area contributed by atoms with Gasteiger partial charge in [0, 0.05) is 21.7 Å². The van der Waals surface area contributed by atoms with E-state index in [1.807, 2.05) is 0 Å². The van der Waals surface area contributed by atoms with E-state index in [0.29, 0.717) is 5.58 Å². The van der Waals surface area contributed by atoms with Crippen molar-refractivity contribution < 1.29 is 8.83 Å². The van der Waals surface area contributed by atoms with Crippen LogP contribution in [0, 0.1) is 0 Å². The maximum absolute atomic E-state index is 7.17. The Morgan fingerprint density at radius 2 is 0.817 bits per heavy atom. The summed E-state index contributed by atoms with van der Waals surface area (Å²) >= 11 is 0. The van der Waals surface area contributed by atoms with Crippen molar-refractivity contribution in [1.82, 2.24) is 9.97 Å². The minimum atomic E-state index is -0.257. The summed E-state index contributed by atoms with van der Waals surface area (Å²) in [6.07, 6.45) is 1.74. The van der Waals surface area contributed by atoms with E-state index >= 15 is 0 Å². The maximum atomic E-state index is 7.17. The molecule has 0 saturated heterocycles. The molecule has 0 atom stereocenters. The summed E-state index contributed by atoms with van der Waals surface area (Å²) < 4.78 is 14.2. The molecule has 6 aromatic carbocycles. The molecule has 0 unspecified atom stereocenters. The lowest BCUT2D eigenvalue weighted by atomic mass is 9.17. The first-order valence-corrected chi connectivity index (χ1v) is 26.0. The van der Waals surface area contributed by atoms with Gasteiger partial charge in [-0.2, -0.15) is 0 Å². The molecule has 0 saturated carbocycles. The molecule has 71 heavy (non-hydrogen) atoms. The zero-order chi connectivity index (χ0) is 51.9. The highest BCUT2D eigenvalue weighted by molar-refractivity contribution is 6.73. The molecule has 0 amide bonds. The molecule has 0 bridgehead atoms. The first-order chi connectivity index (χ1) is 33.1. The number of furan rings is 2. The van der Waals surface area contributed by atoms with Crippen LogP contribution in [0.25, 0.3) is 88.6 Å². The second-order valence-corrected chi connectivity index (χ2v) is 24.2. The van der Waals surface area contributed by atoms with Crippen LogP contribution in [0.15, 0.2) is 33.4 Å². The standard InChI is InChI=1S/C43H52B24N2O2/c44-18-11(12-24(50)30(56)25(51)13-14-26(52)32(58)34(60)35(61)39(14)71-38(12)13)23(49)29(55)27(53)15(18)37-40-36(68-4-69-37)6-3-5(1-2-7(6)70-40)8-19(45)16-9(21(47)20(8)46)10-17(28(54)33(59)31(57)22(10)48)41(16,42(62,63)64)43(65,66)67/h1-4H,44-67H2. The molecule has 318 valence electrons. The van der Waals surface area contributed by atoms with Gasteiger partial charge in [-0.15, -0.1) is 21.9 Å². The maximum Gasteiger partial charge on any atom is 0.180 e. The highest BCUT2D eigenvalue weighted by atomic mass is 16.3. The van der Waals surface area contributed by atoms with E-state index in [2.05, 4.69) is 207 Å². The average molecular weight is 888 g/mol. The summed E-state index contributed by atoms with van der Waals surface area (Å²) in [5.41, 5.74) is 40.4. The van der Waals surface area contributed by atoms with Crippen molar-refractivity contribution in [2.75, 3.05) is 0 Å². The molecule has 0 fully saturated rings. The Kier molecular flexibility index (Phi) is 11.5. The molecule has 3 aromatic heterocycles. The average Bonchev–Trinajstić information content (AvgIpc) is 4.00. The van der Waals surface area contributed by atoms with E-state index in [-0.39, 0.29) is 15.6 Å². The lowest BCUT2D eigenvalue weighted by molar-refractivity contribution is 0.540. The Morgan fingerprint density at radius 3 is 1.42 bits per heavy atom. The van der Waals surface area contributed by atoms with Crippen molar-refractivity contribution in [1.29, 1.82) is 0 Å². The Balaban J connectivity index is 1.23. The van der Waals surface area contributed by atoms with Crippen molar-refractivity contribution in [3.63, 3.8) is 0 Å². The van der Waals surface area contributed by atoms with E-state index in [1.165, 1.54) is 154 Å². The number of fused-ring (bicyclic) bond motifs is 9.